The summed E-state index contributed by atoms with van der Waals surface area (Å²) in [7, 11) is 0. The molecule has 2 heterocycles. The lowest BCUT2D eigenvalue weighted by molar-refractivity contribution is 0.658. The quantitative estimate of drug-likeness (QED) is 0.792. The largest absolute Gasteiger partial charge is 0.313 e. The molecule has 0 unspecified atom stereocenters. The van der Waals surface area contributed by atoms with Crippen LogP contribution in [-0.4, -0.2) is 21.3 Å². The van der Waals surface area contributed by atoms with Crippen molar-refractivity contribution in [3.63, 3.8) is 0 Å². The molecule has 0 amide bonds. The number of nitrogens with one attached hydrogen (secondary N) is 1. The predicted octanol–water partition coefficient (Wildman–Crippen LogP) is 2.13. The van der Waals surface area contributed by atoms with Crippen LogP contribution in [0.3, 0.4) is 0 Å². The third kappa shape index (κ3) is 3.67. The van der Waals surface area contributed by atoms with E-state index in [1.54, 1.807) is 0 Å². The third-order valence-corrected chi connectivity index (χ3v) is 2.74. The monoisotopic (exact) mass is 244 g/mol. The third-order valence-electron chi connectivity index (χ3n) is 2.74. The van der Waals surface area contributed by atoms with E-state index in [1.807, 2.05) is 30.1 Å². The second-order valence-corrected chi connectivity index (χ2v) is 4.49. The number of hydrogen-bond acceptors (Lipinski definition) is 3. The Kier molecular flexibility index (Phi) is 4.47. The highest BCUT2D eigenvalue weighted by Gasteiger charge is 1.99. The Morgan fingerprint density at radius 1 is 1.28 bits per heavy atom. The van der Waals surface area contributed by atoms with Gasteiger partial charge in [0.15, 0.2) is 0 Å². The molecule has 0 spiro atoms. The fourth-order valence-electron chi connectivity index (χ4n) is 1.78. The Labute approximate surface area is 108 Å². The van der Waals surface area contributed by atoms with Gasteiger partial charge in [-0.3, -0.25) is 9.67 Å². The molecule has 0 radical (unpaired) electrons. The SMILES string of the molecule is CCCNCc1ccc(Cn2ccc(C)n2)nc1. The van der Waals surface area contributed by atoms with E-state index in [-0.39, 0.29) is 0 Å². The Morgan fingerprint density at radius 2 is 2.17 bits per heavy atom. The Bertz CT molecular complexity index is 473. The number of nitrogens with zero attached hydrogens (tertiary/aromatic N) is 3. The predicted molar refractivity (Wildman–Crippen MR) is 72.3 cm³/mol. The summed E-state index contributed by atoms with van der Waals surface area (Å²) in [6, 6.07) is 6.20. The van der Waals surface area contributed by atoms with Gasteiger partial charge in [-0.2, -0.15) is 5.10 Å². The molecule has 1 N–H and O–H groups in total. The number of aromatic nitrogens is 3. The van der Waals surface area contributed by atoms with E-state index in [4.69, 9.17) is 0 Å². The van der Waals surface area contributed by atoms with Gasteiger partial charge in [0.25, 0.3) is 0 Å². The van der Waals surface area contributed by atoms with Crippen molar-refractivity contribution < 1.29 is 0 Å². The highest BCUT2D eigenvalue weighted by Crippen LogP contribution is 2.03. The van der Waals surface area contributed by atoms with Crippen molar-refractivity contribution in [3.8, 4) is 0 Å². The van der Waals surface area contributed by atoms with E-state index in [2.05, 4.69) is 34.5 Å². The summed E-state index contributed by atoms with van der Waals surface area (Å²) in [4.78, 5) is 4.46. The van der Waals surface area contributed by atoms with Crippen LogP contribution in [0.2, 0.25) is 0 Å². The molecule has 4 heteroatoms. The molecule has 0 bridgehead atoms. The van der Waals surface area contributed by atoms with Crippen LogP contribution >= 0.6 is 0 Å². The number of rotatable bonds is 6. The van der Waals surface area contributed by atoms with Crippen LogP contribution in [0.5, 0.6) is 0 Å². The summed E-state index contributed by atoms with van der Waals surface area (Å²) in [5.74, 6) is 0. The molecular formula is C14H20N4. The second-order valence-electron chi connectivity index (χ2n) is 4.49. The molecule has 0 saturated heterocycles. The first-order chi connectivity index (χ1) is 8.78. The summed E-state index contributed by atoms with van der Waals surface area (Å²) < 4.78 is 1.91. The van der Waals surface area contributed by atoms with Gasteiger partial charge in [0, 0.05) is 18.9 Å². The minimum Gasteiger partial charge on any atom is -0.313 e. The first-order valence-corrected chi connectivity index (χ1v) is 6.42. The fourth-order valence-corrected chi connectivity index (χ4v) is 1.78. The van der Waals surface area contributed by atoms with E-state index in [9.17, 15) is 0 Å². The highest BCUT2D eigenvalue weighted by molar-refractivity contribution is 5.14. The van der Waals surface area contributed by atoms with Crippen LogP contribution in [-0.2, 0) is 13.1 Å². The van der Waals surface area contributed by atoms with Gasteiger partial charge >= 0.3 is 0 Å². The number of hydrogen-bond donors (Lipinski definition) is 1. The molecular weight excluding hydrogens is 224 g/mol. The number of aryl methyl sites for hydroxylation is 1. The summed E-state index contributed by atoms with van der Waals surface area (Å²) >= 11 is 0. The van der Waals surface area contributed by atoms with Crippen LogP contribution in [0.4, 0.5) is 0 Å². The zero-order chi connectivity index (χ0) is 12.8. The maximum absolute atomic E-state index is 4.46. The van der Waals surface area contributed by atoms with Gasteiger partial charge in [0.05, 0.1) is 17.9 Å². The summed E-state index contributed by atoms with van der Waals surface area (Å²) in [5, 5.41) is 7.72. The fraction of sp³-hybridized carbons (Fsp3) is 0.429. The minimum atomic E-state index is 0.733. The van der Waals surface area contributed by atoms with Crippen molar-refractivity contribution in [2.75, 3.05) is 6.54 Å². The average molecular weight is 244 g/mol. The maximum atomic E-state index is 4.46. The van der Waals surface area contributed by atoms with Crippen molar-refractivity contribution in [2.45, 2.75) is 33.4 Å². The van der Waals surface area contributed by atoms with Crippen LogP contribution < -0.4 is 5.32 Å². The van der Waals surface area contributed by atoms with Gasteiger partial charge in [-0.15, -0.1) is 0 Å². The molecule has 0 aromatic carbocycles. The first kappa shape index (κ1) is 12.8. The van der Waals surface area contributed by atoms with E-state index >= 15 is 0 Å². The summed E-state index contributed by atoms with van der Waals surface area (Å²) in [6.45, 7) is 6.83. The smallest absolute Gasteiger partial charge is 0.0831 e. The first-order valence-electron chi connectivity index (χ1n) is 6.42. The molecule has 18 heavy (non-hydrogen) atoms. The van der Waals surface area contributed by atoms with Crippen molar-refractivity contribution in [3.05, 3.63) is 47.5 Å². The van der Waals surface area contributed by atoms with Gasteiger partial charge in [-0.05, 0) is 37.6 Å². The number of pyridine rings is 1. The molecule has 0 aliphatic rings. The minimum absolute atomic E-state index is 0.733. The Morgan fingerprint density at radius 3 is 2.78 bits per heavy atom. The molecule has 4 nitrogen and oxygen atoms in total. The van der Waals surface area contributed by atoms with Gasteiger partial charge in [0.1, 0.15) is 0 Å². The van der Waals surface area contributed by atoms with Crippen molar-refractivity contribution in [2.24, 2.45) is 0 Å². The van der Waals surface area contributed by atoms with Crippen molar-refractivity contribution in [1.29, 1.82) is 0 Å². The molecule has 0 atom stereocenters. The van der Waals surface area contributed by atoms with E-state index in [1.165, 1.54) is 5.56 Å². The Hall–Kier alpha value is -1.68. The zero-order valence-corrected chi connectivity index (χ0v) is 11.1. The van der Waals surface area contributed by atoms with Gasteiger partial charge in [-0.25, -0.2) is 0 Å². The van der Waals surface area contributed by atoms with E-state index in [0.29, 0.717) is 0 Å². The van der Waals surface area contributed by atoms with Crippen molar-refractivity contribution in [1.82, 2.24) is 20.1 Å². The van der Waals surface area contributed by atoms with Gasteiger partial charge in [0.2, 0.25) is 0 Å². The maximum Gasteiger partial charge on any atom is 0.0831 e. The topological polar surface area (TPSA) is 42.7 Å². The molecule has 96 valence electrons. The van der Waals surface area contributed by atoms with Crippen LogP contribution in [0.15, 0.2) is 30.6 Å². The van der Waals surface area contributed by atoms with Crippen LogP contribution in [0.1, 0.15) is 30.3 Å². The van der Waals surface area contributed by atoms with Crippen LogP contribution in [0, 0.1) is 6.92 Å². The van der Waals surface area contributed by atoms with Gasteiger partial charge in [-0.1, -0.05) is 13.0 Å². The molecule has 0 aliphatic carbocycles. The molecule has 0 fully saturated rings. The molecule has 0 saturated carbocycles. The molecule has 0 aliphatic heterocycles. The van der Waals surface area contributed by atoms with Crippen molar-refractivity contribution >= 4 is 0 Å². The normalized spacial score (nSPS) is 10.8. The average Bonchev–Trinajstić information content (AvgIpc) is 2.77. The molecule has 2 aromatic rings. The standard InChI is InChI=1S/C14H20N4/c1-3-7-15-9-13-4-5-14(16-10-13)11-18-8-6-12(2)17-18/h4-6,8,10,15H,3,7,9,11H2,1-2H3. The zero-order valence-electron chi connectivity index (χ0n) is 11.1. The second kappa shape index (κ2) is 6.31. The Balaban J connectivity index is 1.91. The molecule has 2 rings (SSSR count). The molecule has 2 aromatic heterocycles. The van der Waals surface area contributed by atoms with E-state index in [0.717, 1.165) is 37.4 Å². The lowest BCUT2D eigenvalue weighted by atomic mass is 10.2. The lowest BCUT2D eigenvalue weighted by Gasteiger charge is -2.05. The highest BCUT2D eigenvalue weighted by atomic mass is 15.3. The summed E-state index contributed by atoms with van der Waals surface area (Å²) in [6.07, 6.45) is 5.08. The summed E-state index contributed by atoms with van der Waals surface area (Å²) in [5.41, 5.74) is 3.30. The van der Waals surface area contributed by atoms with E-state index < -0.39 is 0 Å². The van der Waals surface area contributed by atoms with Gasteiger partial charge < -0.3 is 5.32 Å². The van der Waals surface area contributed by atoms with Crippen LogP contribution in [0.25, 0.3) is 0 Å². The lowest BCUT2D eigenvalue weighted by Crippen LogP contribution is -2.14.